The Morgan fingerprint density at radius 1 is 1.04 bits per heavy atom. The van der Waals surface area contributed by atoms with Crippen molar-refractivity contribution >= 4 is 12.0 Å². The molecule has 4 heteroatoms. The van der Waals surface area contributed by atoms with Crippen molar-refractivity contribution in [3.05, 3.63) is 102 Å². The normalized spacial score (nSPS) is 10.8. The maximum atomic E-state index is 12.9. The molecule has 0 saturated carbocycles. The summed E-state index contributed by atoms with van der Waals surface area (Å²) in [4.78, 5) is 18.9. The monoisotopic (exact) mass is 372 g/mol. The second kappa shape index (κ2) is 10.1. The summed E-state index contributed by atoms with van der Waals surface area (Å²) in [6.07, 6.45) is 7.79. The highest BCUT2D eigenvalue weighted by molar-refractivity contribution is 5.91. The van der Waals surface area contributed by atoms with Crippen molar-refractivity contribution in [3.8, 4) is 5.75 Å². The van der Waals surface area contributed by atoms with E-state index in [-0.39, 0.29) is 5.91 Å². The van der Waals surface area contributed by atoms with Crippen molar-refractivity contribution in [1.82, 2.24) is 9.88 Å². The Balaban J connectivity index is 1.72. The van der Waals surface area contributed by atoms with Crippen LogP contribution in [0, 0.1) is 0 Å². The predicted octanol–water partition coefficient (Wildman–Crippen LogP) is 4.37. The van der Waals surface area contributed by atoms with E-state index in [1.807, 2.05) is 65.6 Å². The van der Waals surface area contributed by atoms with E-state index in [0.717, 1.165) is 23.3 Å². The van der Waals surface area contributed by atoms with Gasteiger partial charge in [-0.3, -0.25) is 9.78 Å². The quantitative estimate of drug-likeness (QED) is 0.551. The summed E-state index contributed by atoms with van der Waals surface area (Å²) < 4.78 is 5.24. The van der Waals surface area contributed by atoms with Crippen molar-refractivity contribution in [3.63, 3.8) is 0 Å². The van der Waals surface area contributed by atoms with E-state index in [9.17, 15) is 4.79 Å². The molecule has 1 heterocycles. The Labute approximate surface area is 166 Å². The highest BCUT2D eigenvalue weighted by Crippen LogP contribution is 2.14. The van der Waals surface area contributed by atoms with Gasteiger partial charge in [0.2, 0.25) is 5.91 Å². The number of benzene rings is 2. The van der Waals surface area contributed by atoms with Crippen LogP contribution in [0.1, 0.15) is 16.7 Å². The molecule has 1 aromatic heterocycles. The number of hydrogen-bond acceptors (Lipinski definition) is 3. The first-order valence-corrected chi connectivity index (χ1v) is 9.28. The zero-order chi connectivity index (χ0) is 19.6. The van der Waals surface area contributed by atoms with Gasteiger partial charge in [0.25, 0.3) is 0 Å². The van der Waals surface area contributed by atoms with Gasteiger partial charge in [-0.25, -0.2) is 0 Å². The number of pyridine rings is 1. The molecule has 0 aliphatic rings. The lowest BCUT2D eigenvalue weighted by Crippen LogP contribution is -2.31. The maximum absolute atomic E-state index is 12.9. The Morgan fingerprint density at radius 2 is 1.86 bits per heavy atom. The third-order valence-corrected chi connectivity index (χ3v) is 4.43. The van der Waals surface area contributed by atoms with Gasteiger partial charge in [-0.1, -0.05) is 48.5 Å². The summed E-state index contributed by atoms with van der Waals surface area (Å²) in [5, 5.41) is 0. The fourth-order valence-corrected chi connectivity index (χ4v) is 2.91. The largest absolute Gasteiger partial charge is 0.497 e. The average Bonchev–Trinajstić information content (AvgIpc) is 2.76. The van der Waals surface area contributed by atoms with E-state index in [0.29, 0.717) is 13.1 Å². The molecule has 0 fully saturated rings. The summed E-state index contributed by atoms with van der Waals surface area (Å²) in [5.74, 6) is 0.744. The smallest absolute Gasteiger partial charge is 0.246 e. The van der Waals surface area contributed by atoms with Crippen LogP contribution in [0.25, 0.3) is 6.08 Å². The first-order chi connectivity index (χ1) is 13.7. The van der Waals surface area contributed by atoms with Crippen LogP contribution >= 0.6 is 0 Å². The highest BCUT2D eigenvalue weighted by Gasteiger charge is 2.12. The first-order valence-electron chi connectivity index (χ1n) is 9.28. The molecule has 28 heavy (non-hydrogen) atoms. The molecule has 0 saturated heterocycles. The number of aromatic nitrogens is 1. The Hall–Kier alpha value is -3.40. The van der Waals surface area contributed by atoms with E-state index in [1.165, 1.54) is 5.56 Å². The van der Waals surface area contributed by atoms with Crippen LogP contribution in [-0.2, 0) is 17.8 Å². The third kappa shape index (κ3) is 5.81. The van der Waals surface area contributed by atoms with Gasteiger partial charge in [0.05, 0.1) is 7.11 Å². The molecule has 142 valence electrons. The van der Waals surface area contributed by atoms with Crippen LogP contribution in [0.3, 0.4) is 0 Å². The van der Waals surface area contributed by atoms with Crippen molar-refractivity contribution in [2.45, 2.75) is 13.0 Å². The van der Waals surface area contributed by atoms with Crippen LogP contribution in [0.4, 0.5) is 0 Å². The molecular weight excluding hydrogens is 348 g/mol. The van der Waals surface area contributed by atoms with Gasteiger partial charge in [-0.15, -0.1) is 0 Å². The second-order valence-corrected chi connectivity index (χ2v) is 6.47. The lowest BCUT2D eigenvalue weighted by molar-refractivity contribution is -0.126. The van der Waals surface area contributed by atoms with E-state index < -0.39 is 0 Å². The van der Waals surface area contributed by atoms with Crippen LogP contribution in [0.5, 0.6) is 5.75 Å². The summed E-state index contributed by atoms with van der Waals surface area (Å²) in [7, 11) is 1.63. The number of methoxy groups -OCH3 is 1. The minimum Gasteiger partial charge on any atom is -0.497 e. The number of nitrogens with zero attached hydrogens (tertiary/aromatic N) is 2. The zero-order valence-corrected chi connectivity index (χ0v) is 16.0. The summed E-state index contributed by atoms with van der Waals surface area (Å²) in [5.41, 5.74) is 3.15. The molecule has 0 spiro atoms. The molecule has 3 aromatic rings. The summed E-state index contributed by atoms with van der Waals surface area (Å²) >= 11 is 0. The minimum absolute atomic E-state index is 0.0254. The van der Waals surface area contributed by atoms with Gasteiger partial charge in [0.15, 0.2) is 0 Å². The summed E-state index contributed by atoms with van der Waals surface area (Å²) in [6, 6.07) is 21.7. The third-order valence-electron chi connectivity index (χ3n) is 4.43. The molecule has 3 rings (SSSR count). The Morgan fingerprint density at radius 3 is 2.61 bits per heavy atom. The second-order valence-electron chi connectivity index (χ2n) is 6.47. The van der Waals surface area contributed by atoms with Gasteiger partial charge < -0.3 is 9.64 Å². The fourth-order valence-electron chi connectivity index (χ4n) is 2.91. The molecular formula is C24H24N2O2. The fraction of sp³-hybridized carbons (Fsp3) is 0.167. The number of carbonyl (C=O) groups is 1. The molecule has 2 aromatic carbocycles. The van der Waals surface area contributed by atoms with Crippen LogP contribution < -0.4 is 4.74 Å². The minimum atomic E-state index is -0.0254. The SMILES string of the molecule is COc1cccc(C=CC(=O)N(CCc2ccccc2)Cc2cccnc2)c1. The van der Waals surface area contributed by atoms with Gasteiger partial charge in [-0.2, -0.15) is 0 Å². The molecule has 0 unspecified atom stereocenters. The molecule has 0 aliphatic heterocycles. The van der Waals surface area contributed by atoms with Crippen LogP contribution in [-0.4, -0.2) is 29.4 Å². The van der Waals surface area contributed by atoms with E-state index >= 15 is 0 Å². The van der Waals surface area contributed by atoms with E-state index in [1.54, 1.807) is 25.6 Å². The van der Waals surface area contributed by atoms with E-state index in [4.69, 9.17) is 4.74 Å². The number of rotatable bonds is 8. The molecule has 0 N–H and O–H groups in total. The Bertz CT molecular complexity index is 908. The van der Waals surface area contributed by atoms with Gasteiger partial charge in [0.1, 0.15) is 5.75 Å². The van der Waals surface area contributed by atoms with Gasteiger partial charge in [-0.05, 0) is 47.4 Å². The molecule has 0 atom stereocenters. The molecule has 4 nitrogen and oxygen atoms in total. The van der Waals surface area contributed by atoms with Crippen molar-refractivity contribution < 1.29 is 9.53 Å². The van der Waals surface area contributed by atoms with E-state index in [2.05, 4.69) is 17.1 Å². The van der Waals surface area contributed by atoms with Crippen molar-refractivity contribution in [2.24, 2.45) is 0 Å². The Kier molecular flexibility index (Phi) is 6.96. The molecule has 1 amide bonds. The van der Waals surface area contributed by atoms with Crippen molar-refractivity contribution in [1.29, 1.82) is 0 Å². The molecule has 0 bridgehead atoms. The van der Waals surface area contributed by atoms with Gasteiger partial charge in [0, 0.05) is 31.6 Å². The number of ether oxygens (including phenoxy) is 1. The first kappa shape index (κ1) is 19.4. The lowest BCUT2D eigenvalue weighted by atomic mass is 10.1. The average molecular weight is 372 g/mol. The number of amides is 1. The number of hydrogen-bond donors (Lipinski definition) is 0. The maximum Gasteiger partial charge on any atom is 0.246 e. The highest BCUT2D eigenvalue weighted by atomic mass is 16.5. The predicted molar refractivity (Wildman–Crippen MR) is 112 cm³/mol. The summed E-state index contributed by atoms with van der Waals surface area (Å²) in [6.45, 7) is 1.17. The van der Waals surface area contributed by atoms with Crippen LogP contribution in [0.15, 0.2) is 85.2 Å². The lowest BCUT2D eigenvalue weighted by Gasteiger charge is -2.21. The standard InChI is InChI=1S/C24H24N2O2/c1-28-23-11-5-9-21(17-23)12-13-24(27)26(19-22-10-6-15-25-18-22)16-14-20-7-3-2-4-8-20/h2-13,15,17-18H,14,16,19H2,1H3. The van der Waals surface area contributed by atoms with Crippen molar-refractivity contribution in [2.75, 3.05) is 13.7 Å². The molecule has 0 aliphatic carbocycles. The van der Waals surface area contributed by atoms with Gasteiger partial charge >= 0.3 is 0 Å². The topological polar surface area (TPSA) is 42.4 Å². The number of carbonyl (C=O) groups excluding carboxylic acids is 1. The van der Waals surface area contributed by atoms with Crippen LogP contribution in [0.2, 0.25) is 0 Å². The molecule has 0 radical (unpaired) electrons. The zero-order valence-electron chi connectivity index (χ0n) is 16.0.